The van der Waals surface area contributed by atoms with Crippen LogP contribution in [0.4, 0.5) is 0 Å². The van der Waals surface area contributed by atoms with Crippen LogP contribution in [-0.2, 0) is 9.59 Å². The molecule has 1 aromatic heterocycles. The number of phenolic OH excluding ortho intramolecular Hbond substituents is 1. The van der Waals surface area contributed by atoms with Crippen molar-refractivity contribution in [1.29, 1.82) is 0 Å². The Morgan fingerprint density at radius 3 is 1.04 bits per heavy atom. The summed E-state index contributed by atoms with van der Waals surface area (Å²) in [7, 11) is 0. The first kappa shape index (κ1) is 67.3. The second-order valence-corrected chi connectivity index (χ2v) is 22.9. The van der Waals surface area contributed by atoms with E-state index in [1.54, 1.807) is 24.3 Å². The molecule has 0 saturated heterocycles. The highest BCUT2D eigenvalue weighted by Crippen LogP contribution is 2.41. The van der Waals surface area contributed by atoms with Gasteiger partial charge in [0, 0.05) is 30.9 Å². The molecule has 0 fully saturated rings. The molecule has 436 valence electrons. The molecule has 0 radical (unpaired) electrons. The van der Waals surface area contributed by atoms with E-state index in [0.717, 1.165) is 57.8 Å². The van der Waals surface area contributed by atoms with Crippen LogP contribution in [0.3, 0.4) is 0 Å². The van der Waals surface area contributed by atoms with Crippen LogP contribution in [0.5, 0.6) is 17.2 Å². The van der Waals surface area contributed by atoms with Crippen LogP contribution in [0, 0.1) is 0 Å². The normalized spacial score (nSPS) is 11.5. The topological polar surface area (TPSA) is 120 Å². The minimum absolute atomic E-state index is 0.0271. The molecule has 0 unspecified atom stereocenters. The highest BCUT2D eigenvalue weighted by atomic mass is 16.5. The van der Waals surface area contributed by atoms with Crippen molar-refractivity contribution in [3.63, 3.8) is 0 Å². The summed E-state index contributed by atoms with van der Waals surface area (Å²) in [6, 6.07) is 10.2. The molecule has 3 aromatic rings. The number of hydrogen-bond donors (Lipinski definition) is 1. The maximum absolute atomic E-state index is 14.9. The molecule has 0 aliphatic heterocycles. The Bertz CT molecular complexity index is 2020. The zero-order valence-corrected chi connectivity index (χ0v) is 49.7. The molecule has 2 aromatic carbocycles. The standard InChI is InChI=1S/C69H112O8/c1-4-7-10-13-16-19-22-25-28-31-34-37-40-43-49-54-59(70)64-60(71)57-61-65(68(64)76-62(72)55-50-44-41-38-35-32-29-26-23-20-17-14-11-8-5-2)66(74)69(67(75-61)58-52-47-46-48-53-58)77-63(73)56-51-45-42-39-36-33-30-27-24-21-18-15-12-9-6-3/h46-48,52-53,57,71H,4-45,49-51,54-56H2,1-3H3. The zero-order chi connectivity index (χ0) is 55.2. The number of esters is 2. The molecule has 0 spiro atoms. The summed E-state index contributed by atoms with van der Waals surface area (Å²) in [5.74, 6) is -2.58. The lowest BCUT2D eigenvalue weighted by atomic mass is 9.98. The van der Waals surface area contributed by atoms with E-state index >= 15 is 0 Å². The maximum Gasteiger partial charge on any atom is 0.311 e. The molecule has 0 bridgehead atoms. The van der Waals surface area contributed by atoms with Crippen molar-refractivity contribution in [1.82, 2.24) is 0 Å². The molecule has 1 N–H and O–H groups in total. The van der Waals surface area contributed by atoms with E-state index in [2.05, 4.69) is 20.8 Å². The smallest absolute Gasteiger partial charge is 0.311 e. The van der Waals surface area contributed by atoms with Crippen molar-refractivity contribution in [2.75, 3.05) is 0 Å². The van der Waals surface area contributed by atoms with Crippen molar-refractivity contribution in [3.05, 3.63) is 52.2 Å². The lowest BCUT2D eigenvalue weighted by Crippen LogP contribution is -2.19. The number of fused-ring (bicyclic) bond motifs is 1. The van der Waals surface area contributed by atoms with Gasteiger partial charge < -0.3 is 19.0 Å². The van der Waals surface area contributed by atoms with Crippen molar-refractivity contribution >= 4 is 28.7 Å². The Morgan fingerprint density at radius 1 is 0.403 bits per heavy atom. The number of ketones is 1. The Balaban J connectivity index is 1.65. The molecule has 8 heteroatoms. The first-order valence-electron chi connectivity index (χ1n) is 32.7. The Morgan fingerprint density at radius 2 is 0.701 bits per heavy atom. The monoisotopic (exact) mass is 1070 g/mol. The van der Waals surface area contributed by atoms with Gasteiger partial charge in [-0.3, -0.25) is 19.2 Å². The number of phenols is 1. The number of aromatic hydroxyl groups is 1. The maximum atomic E-state index is 14.9. The van der Waals surface area contributed by atoms with Crippen molar-refractivity contribution in [3.8, 4) is 28.6 Å². The number of rotatable bonds is 52. The van der Waals surface area contributed by atoms with Gasteiger partial charge in [0.1, 0.15) is 22.3 Å². The van der Waals surface area contributed by atoms with E-state index in [4.69, 9.17) is 13.9 Å². The largest absolute Gasteiger partial charge is 0.507 e. The van der Waals surface area contributed by atoms with Crippen LogP contribution in [-0.4, -0.2) is 22.8 Å². The molecule has 0 atom stereocenters. The van der Waals surface area contributed by atoms with E-state index in [-0.39, 0.29) is 53.1 Å². The first-order chi connectivity index (χ1) is 37.8. The van der Waals surface area contributed by atoms with Crippen LogP contribution in [0.2, 0.25) is 0 Å². The van der Waals surface area contributed by atoms with Gasteiger partial charge in [0.05, 0.1) is 0 Å². The average molecular weight is 1070 g/mol. The summed E-state index contributed by atoms with van der Waals surface area (Å²) < 4.78 is 18.3. The molecule has 1 heterocycles. The Hall–Kier alpha value is -3.94. The number of ether oxygens (including phenoxy) is 2. The first-order valence-corrected chi connectivity index (χ1v) is 32.7. The molecule has 0 saturated carbocycles. The van der Waals surface area contributed by atoms with Gasteiger partial charge in [-0.1, -0.05) is 321 Å². The van der Waals surface area contributed by atoms with Crippen LogP contribution >= 0.6 is 0 Å². The average Bonchev–Trinajstić information content (AvgIpc) is 3.45. The summed E-state index contributed by atoms with van der Waals surface area (Å²) in [6.07, 6.45) is 54.5. The highest BCUT2D eigenvalue weighted by molar-refractivity contribution is 6.08. The fourth-order valence-corrected chi connectivity index (χ4v) is 10.9. The molecular formula is C69H112O8. The molecular weight excluding hydrogens is 957 g/mol. The van der Waals surface area contributed by atoms with E-state index in [1.807, 2.05) is 6.07 Å². The van der Waals surface area contributed by atoms with Gasteiger partial charge >= 0.3 is 11.9 Å². The number of Topliss-reactive ketones (excluding diaryl/α,β-unsaturated/α-hetero) is 1. The van der Waals surface area contributed by atoms with E-state index in [9.17, 15) is 24.3 Å². The fourth-order valence-electron chi connectivity index (χ4n) is 10.9. The number of unbranched alkanes of at least 4 members (excludes halogenated alkanes) is 42. The third-order valence-corrected chi connectivity index (χ3v) is 15.8. The van der Waals surface area contributed by atoms with Gasteiger partial charge in [0.25, 0.3) is 0 Å². The zero-order valence-electron chi connectivity index (χ0n) is 49.7. The predicted molar refractivity (Wildman–Crippen MR) is 324 cm³/mol. The van der Waals surface area contributed by atoms with Crippen molar-refractivity contribution < 1.29 is 33.4 Å². The third kappa shape index (κ3) is 30.9. The van der Waals surface area contributed by atoms with Gasteiger partial charge in [-0.25, -0.2) is 0 Å². The summed E-state index contributed by atoms with van der Waals surface area (Å²) in [5.41, 5.74) is -0.499. The summed E-state index contributed by atoms with van der Waals surface area (Å²) in [5, 5.41) is 11.4. The SMILES string of the molecule is CCCCCCCCCCCCCCCCCC(=O)Oc1c(-c2ccccc2)oc2cc(O)c(C(=O)CCCCCCCCCCCCCCCCC)c(OC(=O)CCCCCCCCCCCCCCCCC)c2c1=O. The number of benzene rings is 2. The van der Waals surface area contributed by atoms with Gasteiger partial charge in [0.2, 0.25) is 11.2 Å². The number of hydrogen-bond acceptors (Lipinski definition) is 8. The predicted octanol–water partition coefficient (Wildman–Crippen LogP) is 21.9. The van der Waals surface area contributed by atoms with E-state index in [0.29, 0.717) is 24.8 Å². The van der Waals surface area contributed by atoms with Crippen molar-refractivity contribution in [2.24, 2.45) is 0 Å². The molecule has 77 heavy (non-hydrogen) atoms. The number of carbonyl (C=O) groups is 3. The molecule has 0 aliphatic rings. The van der Waals surface area contributed by atoms with Crippen LogP contribution in [0.15, 0.2) is 45.6 Å². The lowest BCUT2D eigenvalue weighted by Gasteiger charge is -2.16. The summed E-state index contributed by atoms with van der Waals surface area (Å²) >= 11 is 0. The molecule has 3 rings (SSSR count). The van der Waals surface area contributed by atoms with Crippen molar-refractivity contribution in [2.45, 2.75) is 329 Å². The molecule has 8 nitrogen and oxygen atoms in total. The van der Waals surface area contributed by atoms with Crippen LogP contribution in [0.25, 0.3) is 22.3 Å². The minimum atomic E-state index is -0.731. The van der Waals surface area contributed by atoms with Gasteiger partial charge in [-0.2, -0.15) is 0 Å². The minimum Gasteiger partial charge on any atom is -0.507 e. The van der Waals surface area contributed by atoms with Crippen LogP contribution < -0.4 is 14.9 Å². The third-order valence-electron chi connectivity index (χ3n) is 15.8. The van der Waals surface area contributed by atoms with Gasteiger partial charge in [0.15, 0.2) is 17.3 Å². The summed E-state index contributed by atoms with van der Waals surface area (Å²) in [6.45, 7) is 6.79. The molecule has 0 aliphatic carbocycles. The molecule has 0 amide bonds. The summed E-state index contributed by atoms with van der Waals surface area (Å²) in [4.78, 5) is 56.3. The number of carbonyl (C=O) groups excluding carboxylic acids is 3. The van der Waals surface area contributed by atoms with Gasteiger partial charge in [-0.15, -0.1) is 0 Å². The second-order valence-electron chi connectivity index (χ2n) is 22.9. The Kier molecular flexibility index (Phi) is 40.1. The lowest BCUT2D eigenvalue weighted by molar-refractivity contribution is -0.135. The quantitative estimate of drug-likeness (QED) is 0.0257. The van der Waals surface area contributed by atoms with Gasteiger partial charge in [-0.05, 0) is 19.3 Å². The van der Waals surface area contributed by atoms with E-state index < -0.39 is 28.9 Å². The highest BCUT2D eigenvalue weighted by Gasteiger charge is 2.30. The van der Waals surface area contributed by atoms with E-state index in [1.165, 1.54) is 218 Å². The second kappa shape index (κ2) is 45.9. The van der Waals surface area contributed by atoms with Crippen LogP contribution in [0.1, 0.15) is 339 Å². The fraction of sp³-hybridized carbons (Fsp3) is 0.739. The Labute approximate surface area is 469 Å².